The molecule has 0 aliphatic carbocycles. The van der Waals surface area contributed by atoms with Crippen LogP contribution in [0.1, 0.15) is 81.1 Å². The van der Waals surface area contributed by atoms with Gasteiger partial charge in [0.15, 0.2) is 0 Å². The Kier molecular flexibility index (Phi) is 8.28. The normalized spacial score (nSPS) is 14.7. The van der Waals surface area contributed by atoms with E-state index in [9.17, 15) is 9.59 Å². The van der Waals surface area contributed by atoms with Crippen LogP contribution in [0.4, 0.5) is 0 Å². The van der Waals surface area contributed by atoms with Crippen molar-refractivity contribution in [3.05, 3.63) is 0 Å². The van der Waals surface area contributed by atoms with Gasteiger partial charge in [-0.05, 0) is 61.8 Å². The Morgan fingerprint density at radius 3 is 1.58 bits per heavy atom. The SMILES string of the molecule is CC(C)(N)CC(C)(C)OC(=O)CCC(N)C(=O)OC(C)(C)CC(C)(C)N. The molecular weight excluding hydrogens is 334 g/mol. The third kappa shape index (κ3) is 12.2. The number of hydrogen-bond donors (Lipinski definition) is 3. The highest BCUT2D eigenvalue weighted by Gasteiger charge is 2.32. The molecule has 0 saturated carbocycles. The van der Waals surface area contributed by atoms with Crippen molar-refractivity contribution in [2.24, 2.45) is 17.2 Å². The van der Waals surface area contributed by atoms with E-state index in [1.54, 1.807) is 13.8 Å². The summed E-state index contributed by atoms with van der Waals surface area (Å²) in [6.45, 7) is 14.7. The second-order valence-electron chi connectivity index (χ2n) is 9.89. The number of nitrogens with two attached hydrogens (primary N) is 3. The van der Waals surface area contributed by atoms with Gasteiger partial charge in [-0.1, -0.05) is 0 Å². The quantitative estimate of drug-likeness (QED) is 0.499. The minimum Gasteiger partial charge on any atom is -0.460 e. The average molecular weight is 374 g/mol. The lowest BCUT2D eigenvalue weighted by atomic mass is 9.90. The van der Waals surface area contributed by atoms with Crippen molar-refractivity contribution in [3.63, 3.8) is 0 Å². The monoisotopic (exact) mass is 373 g/mol. The number of esters is 2. The van der Waals surface area contributed by atoms with E-state index in [4.69, 9.17) is 26.7 Å². The van der Waals surface area contributed by atoms with E-state index in [2.05, 4.69) is 0 Å². The van der Waals surface area contributed by atoms with Crippen LogP contribution >= 0.6 is 0 Å². The summed E-state index contributed by atoms with van der Waals surface area (Å²) in [6, 6.07) is -0.892. The molecule has 1 atom stereocenters. The third-order valence-electron chi connectivity index (χ3n) is 3.49. The molecule has 0 radical (unpaired) electrons. The van der Waals surface area contributed by atoms with Gasteiger partial charge in [0.25, 0.3) is 0 Å². The van der Waals surface area contributed by atoms with Crippen LogP contribution < -0.4 is 17.2 Å². The van der Waals surface area contributed by atoms with Crippen LogP contribution in [0.15, 0.2) is 0 Å². The van der Waals surface area contributed by atoms with Crippen LogP contribution in [0.25, 0.3) is 0 Å². The van der Waals surface area contributed by atoms with E-state index in [0.717, 1.165) is 0 Å². The maximum absolute atomic E-state index is 12.2. The van der Waals surface area contributed by atoms with Crippen molar-refractivity contribution < 1.29 is 19.1 Å². The summed E-state index contributed by atoms with van der Waals surface area (Å²) in [6.07, 6.45) is 1.20. The molecule has 7 heteroatoms. The first kappa shape index (κ1) is 24.8. The largest absolute Gasteiger partial charge is 0.460 e. The molecule has 0 heterocycles. The Morgan fingerprint density at radius 2 is 1.19 bits per heavy atom. The van der Waals surface area contributed by atoms with Gasteiger partial charge >= 0.3 is 11.9 Å². The molecule has 7 nitrogen and oxygen atoms in total. The zero-order chi connectivity index (χ0) is 21.0. The average Bonchev–Trinajstić information content (AvgIpc) is 2.27. The molecular formula is C19H39N3O4. The van der Waals surface area contributed by atoms with Gasteiger partial charge in [-0.3, -0.25) is 9.59 Å². The second-order valence-corrected chi connectivity index (χ2v) is 9.89. The lowest BCUT2D eigenvalue weighted by Gasteiger charge is -2.33. The molecule has 0 aliphatic rings. The Hall–Kier alpha value is -1.18. The van der Waals surface area contributed by atoms with Gasteiger partial charge in [0.1, 0.15) is 17.2 Å². The Morgan fingerprint density at radius 1 is 0.808 bits per heavy atom. The molecule has 0 amide bonds. The lowest BCUT2D eigenvalue weighted by Crippen LogP contribution is -2.45. The number of carbonyl (C=O) groups is 2. The van der Waals surface area contributed by atoms with E-state index >= 15 is 0 Å². The van der Waals surface area contributed by atoms with Crippen molar-refractivity contribution in [2.45, 2.75) is 109 Å². The molecule has 1 unspecified atom stereocenters. The van der Waals surface area contributed by atoms with E-state index in [1.807, 2.05) is 41.5 Å². The summed E-state index contributed by atoms with van der Waals surface area (Å²) >= 11 is 0. The van der Waals surface area contributed by atoms with Gasteiger partial charge in [0.05, 0.1) is 0 Å². The number of carbonyl (C=O) groups excluding carboxylic acids is 2. The predicted octanol–water partition coefficient (Wildman–Crippen LogP) is 1.99. The lowest BCUT2D eigenvalue weighted by molar-refractivity contribution is -0.161. The van der Waals surface area contributed by atoms with E-state index < -0.39 is 40.3 Å². The molecule has 26 heavy (non-hydrogen) atoms. The Balaban J connectivity index is 4.50. The van der Waals surface area contributed by atoms with Crippen LogP contribution in [0.5, 0.6) is 0 Å². The van der Waals surface area contributed by atoms with Gasteiger partial charge < -0.3 is 26.7 Å². The fourth-order valence-electron chi connectivity index (χ4n) is 3.37. The number of hydrogen-bond acceptors (Lipinski definition) is 7. The van der Waals surface area contributed by atoms with Gasteiger partial charge in [-0.25, -0.2) is 0 Å². The summed E-state index contributed by atoms with van der Waals surface area (Å²) in [5, 5.41) is 0. The van der Waals surface area contributed by atoms with E-state index in [0.29, 0.717) is 12.8 Å². The minimum absolute atomic E-state index is 0.0352. The third-order valence-corrected chi connectivity index (χ3v) is 3.49. The molecule has 0 bridgehead atoms. The van der Waals surface area contributed by atoms with Crippen LogP contribution in [0.2, 0.25) is 0 Å². The number of rotatable bonds is 10. The molecule has 0 aromatic heterocycles. The van der Waals surface area contributed by atoms with Gasteiger partial charge in [0, 0.05) is 30.3 Å². The van der Waals surface area contributed by atoms with Crippen molar-refractivity contribution >= 4 is 11.9 Å². The fraction of sp³-hybridized carbons (Fsp3) is 0.895. The van der Waals surface area contributed by atoms with Crippen molar-refractivity contribution in [1.29, 1.82) is 0 Å². The maximum atomic E-state index is 12.2. The predicted molar refractivity (Wildman–Crippen MR) is 103 cm³/mol. The van der Waals surface area contributed by atoms with Crippen molar-refractivity contribution in [3.8, 4) is 0 Å². The van der Waals surface area contributed by atoms with Gasteiger partial charge in [0.2, 0.25) is 0 Å². The minimum atomic E-state index is -0.892. The molecule has 0 saturated heterocycles. The van der Waals surface area contributed by atoms with Crippen LogP contribution in [-0.2, 0) is 19.1 Å². The first-order valence-corrected chi connectivity index (χ1v) is 9.10. The fourth-order valence-corrected chi connectivity index (χ4v) is 3.37. The molecule has 0 rings (SSSR count). The first-order chi connectivity index (χ1) is 11.3. The van der Waals surface area contributed by atoms with Gasteiger partial charge in [-0.2, -0.15) is 0 Å². The smallest absolute Gasteiger partial charge is 0.323 e. The van der Waals surface area contributed by atoms with Crippen molar-refractivity contribution in [2.75, 3.05) is 0 Å². The van der Waals surface area contributed by atoms with Crippen LogP contribution in [0.3, 0.4) is 0 Å². The van der Waals surface area contributed by atoms with Crippen LogP contribution in [0, 0.1) is 0 Å². The molecule has 0 spiro atoms. The molecule has 154 valence electrons. The molecule has 0 aromatic carbocycles. The summed E-state index contributed by atoms with van der Waals surface area (Å²) in [4.78, 5) is 24.2. The molecule has 6 N–H and O–H groups in total. The highest BCUT2D eigenvalue weighted by Crippen LogP contribution is 2.24. The molecule has 0 fully saturated rings. The zero-order valence-corrected chi connectivity index (χ0v) is 17.8. The van der Waals surface area contributed by atoms with Gasteiger partial charge in [-0.15, -0.1) is 0 Å². The summed E-state index contributed by atoms with van der Waals surface area (Å²) in [5.74, 6) is -0.959. The highest BCUT2D eigenvalue weighted by atomic mass is 16.6. The first-order valence-electron chi connectivity index (χ1n) is 9.10. The summed E-state index contributed by atoms with van der Waals surface area (Å²) in [5.41, 5.74) is 15.5. The van der Waals surface area contributed by atoms with E-state index in [1.165, 1.54) is 0 Å². The summed E-state index contributed by atoms with van der Waals surface area (Å²) in [7, 11) is 0. The van der Waals surface area contributed by atoms with Crippen LogP contribution in [-0.4, -0.2) is 40.3 Å². The topological polar surface area (TPSA) is 131 Å². The van der Waals surface area contributed by atoms with Crippen molar-refractivity contribution in [1.82, 2.24) is 0 Å². The molecule has 0 aliphatic heterocycles. The Labute approximate surface area is 158 Å². The second kappa shape index (κ2) is 8.67. The number of ether oxygens (including phenoxy) is 2. The summed E-state index contributed by atoms with van der Waals surface area (Å²) < 4.78 is 10.9. The Bertz CT molecular complexity index is 488. The zero-order valence-electron chi connectivity index (χ0n) is 17.8. The molecule has 0 aromatic rings. The standard InChI is InChI=1S/C19H39N3O4/c1-16(2,21)11-18(5,6)25-14(23)10-9-13(20)15(24)26-19(7,8)12-17(3,4)22/h13H,9-12,20-22H2,1-8H3. The van der Waals surface area contributed by atoms with E-state index in [-0.39, 0.29) is 12.8 Å². The maximum Gasteiger partial charge on any atom is 0.323 e. The highest BCUT2D eigenvalue weighted by molar-refractivity contribution is 5.77.